The smallest absolute Gasteiger partial charge is 0.227 e. The molecular weight excluding hydrogens is 421 g/mol. The first kappa shape index (κ1) is 20.9. The summed E-state index contributed by atoms with van der Waals surface area (Å²) < 4.78 is 18.9. The van der Waals surface area contributed by atoms with E-state index in [9.17, 15) is 9.18 Å². The van der Waals surface area contributed by atoms with Crippen molar-refractivity contribution in [3.63, 3.8) is 0 Å². The number of aromatic nitrogens is 3. The van der Waals surface area contributed by atoms with Crippen LogP contribution in [0.3, 0.4) is 0 Å². The van der Waals surface area contributed by atoms with Crippen LogP contribution in [-0.2, 0) is 11.2 Å². The Labute approximate surface area is 190 Å². The molecule has 0 atom stereocenters. The van der Waals surface area contributed by atoms with E-state index in [1.807, 2.05) is 42.3 Å². The van der Waals surface area contributed by atoms with Gasteiger partial charge in [0.25, 0.3) is 0 Å². The maximum absolute atomic E-state index is 13.1. The van der Waals surface area contributed by atoms with E-state index in [1.54, 1.807) is 18.5 Å². The van der Waals surface area contributed by atoms with Crippen LogP contribution in [0.4, 0.5) is 10.2 Å². The van der Waals surface area contributed by atoms with Crippen molar-refractivity contribution in [2.45, 2.75) is 13.3 Å². The molecule has 33 heavy (non-hydrogen) atoms. The number of nitrogens with one attached hydrogen (secondary N) is 1. The van der Waals surface area contributed by atoms with Crippen LogP contribution in [-0.4, -0.2) is 51.9 Å². The van der Waals surface area contributed by atoms with E-state index in [2.05, 4.69) is 19.9 Å². The molecule has 0 radical (unpaired) electrons. The molecule has 1 aliphatic heterocycles. The number of fused-ring (bicyclic) bond motifs is 1. The first-order valence-corrected chi connectivity index (χ1v) is 10.9. The van der Waals surface area contributed by atoms with E-state index in [0.717, 1.165) is 41.1 Å². The summed E-state index contributed by atoms with van der Waals surface area (Å²) in [7, 11) is 0. The molecule has 2 aromatic carbocycles. The number of aryl methyl sites for hydroxylation is 1. The zero-order valence-corrected chi connectivity index (χ0v) is 18.3. The molecule has 1 amide bonds. The fraction of sp³-hybridized carbons (Fsp3) is 0.240. The van der Waals surface area contributed by atoms with Crippen molar-refractivity contribution in [1.29, 1.82) is 0 Å². The number of aromatic amines is 1. The van der Waals surface area contributed by atoms with Gasteiger partial charge < -0.3 is 19.5 Å². The fourth-order valence-corrected chi connectivity index (χ4v) is 4.15. The topological polar surface area (TPSA) is 74.4 Å². The molecule has 0 unspecified atom stereocenters. The minimum atomic E-state index is -0.311. The maximum atomic E-state index is 13.1. The lowest BCUT2D eigenvalue weighted by Gasteiger charge is -2.35. The van der Waals surface area contributed by atoms with Crippen molar-refractivity contribution in [1.82, 2.24) is 19.9 Å². The predicted molar refractivity (Wildman–Crippen MR) is 124 cm³/mol. The Morgan fingerprint density at radius 3 is 2.64 bits per heavy atom. The van der Waals surface area contributed by atoms with Crippen molar-refractivity contribution in [3.05, 3.63) is 78.0 Å². The van der Waals surface area contributed by atoms with Crippen LogP contribution in [0.15, 0.2) is 61.1 Å². The highest BCUT2D eigenvalue weighted by Gasteiger charge is 2.24. The molecule has 0 bridgehead atoms. The second-order valence-corrected chi connectivity index (χ2v) is 8.14. The Balaban J connectivity index is 1.21. The number of carbonyl (C=O) groups is 1. The summed E-state index contributed by atoms with van der Waals surface area (Å²) in [4.78, 5) is 29.0. The number of piperazine rings is 1. The summed E-state index contributed by atoms with van der Waals surface area (Å²) in [6, 6.07) is 13.3. The Bertz CT molecular complexity index is 1280. The van der Waals surface area contributed by atoms with Gasteiger partial charge in [0.1, 0.15) is 35.1 Å². The van der Waals surface area contributed by atoms with Crippen molar-refractivity contribution < 1.29 is 13.9 Å². The first-order valence-electron chi connectivity index (χ1n) is 10.9. The molecule has 1 saturated heterocycles. The molecule has 8 heteroatoms. The number of hydrogen-bond donors (Lipinski definition) is 1. The van der Waals surface area contributed by atoms with Gasteiger partial charge in [0.2, 0.25) is 5.91 Å². The predicted octanol–water partition coefficient (Wildman–Crippen LogP) is 4.09. The van der Waals surface area contributed by atoms with Gasteiger partial charge in [0.05, 0.1) is 11.8 Å². The summed E-state index contributed by atoms with van der Waals surface area (Å²) in [5.74, 6) is 1.85. The fourth-order valence-electron chi connectivity index (χ4n) is 4.15. The molecular formula is C25H24FN5O2. The molecule has 2 aromatic heterocycles. The Morgan fingerprint density at radius 2 is 1.85 bits per heavy atom. The van der Waals surface area contributed by atoms with Crippen molar-refractivity contribution in [2.24, 2.45) is 0 Å². The van der Waals surface area contributed by atoms with Crippen LogP contribution < -0.4 is 9.64 Å². The largest absolute Gasteiger partial charge is 0.457 e. The van der Waals surface area contributed by atoms with Gasteiger partial charge in [0, 0.05) is 32.4 Å². The Hall–Kier alpha value is -3.94. The van der Waals surface area contributed by atoms with Gasteiger partial charge >= 0.3 is 0 Å². The third-order valence-corrected chi connectivity index (χ3v) is 5.88. The number of hydrogen-bond acceptors (Lipinski definition) is 5. The zero-order chi connectivity index (χ0) is 22.8. The lowest BCUT2D eigenvalue weighted by molar-refractivity contribution is -0.130. The number of ether oxygens (including phenoxy) is 1. The van der Waals surface area contributed by atoms with Gasteiger partial charge in [-0.1, -0.05) is 12.1 Å². The van der Waals surface area contributed by atoms with Crippen molar-refractivity contribution in [2.75, 3.05) is 31.1 Å². The van der Waals surface area contributed by atoms with Crippen LogP contribution in [0.2, 0.25) is 0 Å². The van der Waals surface area contributed by atoms with Gasteiger partial charge in [-0.15, -0.1) is 0 Å². The van der Waals surface area contributed by atoms with Gasteiger partial charge in [-0.2, -0.15) is 0 Å². The van der Waals surface area contributed by atoms with Crippen LogP contribution in [0.5, 0.6) is 11.5 Å². The highest BCUT2D eigenvalue weighted by Crippen LogP contribution is 2.27. The summed E-state index contributed by atoms with van der Waals surface area (Å²) in [6.07, 6.45) is 3.82. The minimum Gasteiger partial charge on any atom is -0.457 e. The number of halogens is 1. The quantitative estimate of drug-likeness (QED) is 0.501. The van der Waals surface area contributed by atoms with Crippen molar-refractivity contribution >= 4 is 22.8 Å². The molecule has 4 aromatic rings. The van der Waals surface area contributed by atoms with Crippen LogP contribution in [0.25, 0.3) is 11.0 Å². The third-order valence-electron chi connectivity index (χ3n) is 5.88. The average molecular weight is 445 g/mol. The summed E-state index contributed by atoms with van der Waals surface area (Å²) in [5, 5.41) is 1.04. The van der Waals surface area contributed by atoms with E-state index in [0.29, 0.717) is 31.0 Å². The van der Waals surface area contributed by atoms with Gasteiger partial charge in [-0.25, -0.2) is 14.4 Å². The lowest BCUT2D eigenvalue weighted by atomic mass is 10.1. The number of anilines is 1. The second-order valence-electron chi connectivity index (χ2n) is 8.14. The molecule has 5 rings (SSSR count). The molecule has 1 aliphatic rings. The number of H-pyrrole nitrogens is 1. The molecule has 0 aliphatic carbocycles. The van der Waals surface area contributed by atoms with Crippen LogP contribution >= 0.6 is 0 Å². The van der Waals surface area contributed by atoms with Gasteiger partial charge in [0.15, 0.2) is 0 Å². The highest BCUT2D eigenvalue weighted by molar-refractivity contribution is 5.90. The second kappa shape index (κ2) is 8.90. The number of carbonyl (C=O) groups excluding carboxylic acids is 1. The minimum absolute atomic E-state index is 0.0826. The summed E-state index contributed by atoms with van der Waals surface area (Å²) >= 11 is 0. The zero-order valence-electron chi connectivity index (χ0n) is 18.3. The number of benzene rings is 2. The standard InChI is InChI=1S/C25H24FN5O2/c1-17-15-27-24-23(17)25(29-16-28-24)31-11-9-30(10-12-31)22(32)14-18-3-2-4-21(13-18)33-20-7-5-19(26)6-8-20/h2-8,13,15-16H,9-12,14H2,1H3,(H,27,28,29). The molecule has 168 valence electrons. The number of rotatable bonds is 5. The van der Waals surface area contributed by atoms with E-state index in [-0.39, 0.29) is 11.7 Å². The lowest BCUT2D eigenvalue weighted by Crippen LogP contribution is -2.49. The number of amides is 1. The highest BCUT2D eigenvalue weighted by atomic mass is 19.1. The van der Waals surface area contributed by atoms with E-state index in [4.69, 9.17) is 4.74 Å². The van der Waals surface area contributed by atoms with Crippen LogP contribution in [0.1, 0.15) is 11.1 Å². The average Bonchev–Trinajstić information content (AvgIpc) is 3.22. The third kappa shape index (κ3) is 4.50. The molecule has 0 saturated carbocycles. The van der Waals surface area contributed by atoms with Crippen molar-refractivity contribution in [3.8, 4) is 11.5 Å². The maximum Gasteiger partial charge on any atom is 0.227 e. The normalized spacial score (nSPS) is 14.0. The summed E-state index contributed by atoms with van der Waals surface area (Å²) in [5.41, 5.74) is 2.82. The van der Waals surface area contributed by atoms with Gasteiger partial charge in [-0.3, -0.25) is 4.79 Å². The number of nitrogens with zero attached hydrogens (tertiary/aromatic N) is 4. The monoisotopic (exact) mass is 445 g/mol. The SMILES string of the molecule is Cc1c[nH]c2ncnc(N3CCN(C(=O)Cc4cccc(Oc5ccc(F)cc5)c4)CC3)c12. The van der Waals surface area contributed by atoms with E-state index >= 15 is 0 Å². The van der Waals surface area contributed by atoms with Gasteiger partial charge in [-0.05, 0) is 54.4 Å². The summed E-state index contributed by atoms with van der Waals surface area (Å²) in [6.45, 7) is 4.75. The molecule has 0 spiro atoms. The Morgan fingerprint density at radius 1 is 1.06 bits per heavy atom. The Kier molecular flexibility index (Phi) is 5.64. The van der Waals surface area contributed by atoms with Crippen LogP contribution in [0, 0.1) is 12.7 Å². The van der Waals surface area contributed by atoms with E-state index < -0.39 is 0 Å². The molecule has 1 N–H and O–H groups in total. The van der Waals surface area contributed by atoms with E-state index in [1.165, 1.54) is 12.1 Å². The molecule has 3 heterocycles. The molecule has 7 nitrogen and oxygen atoms in total. The first-order chi connectivity index (χ1) is 16.1. The molecule has 1 fully saturated rings.